The van der Waals surface area contributed by atoms with E-state index in [9.17, 15) is 13.2 Å². The van der Waals surface area contributed by atoms with E-state index in [-0.39, 0.29) is 42.2 Å². The highest BCUT2D eigenvalue weighted by atomic mass is 35.5. The lowest BCUT2D eigenvalue weighted by atomic mass is 10.3. The summed E-state index contributed by atoms with van der Waals surface area (Å²) in [6.07, 6.45) is 0. The Morgan fingerprint density at radius 1 is 1.22 bits per heavy atom. The summed E-state index contributed by atoms with van der Waals surface area (Å²) in [4.78, 5) is 13.5. The van der Waals surface area contributed by atoms with Crippen LogP contribution in [-0.4, -0.2) is 63.3 Å². The first-order valence-corrected chi connectivity index (χ1v) is 8.16. The quantitative estimate of drug-likeness (QED) is 0.781. The summed E-state index contributed by atoms with van der Waals surface area (Å²) in [5.41, 5.74) is 5.66. The van der Waals surface area contributed by atoms with Crippen LogP contribution in [0.5, 0.6) is 0 Å². The van der Waals surface area contributed by atoms with E-state index in [2.05, 4.69) is 10.2 Å². The first kappa shape index (κ1) is 22.1. The van der Waals surface area contributed by atoms with Crippen molar-refractivity contribution in [3.63, 3.8) is 0 Å². The van der Waals surface area contributed by atoms with Crippen LogP contribution in [0.2, 0.25) is 0 Å². The van der Waals surface area contributed by atoms with E-state index in [0.29, 0.717) is 31.9 Å². The lowest BCUT2D eigenvalue weighted by Crippen LogP contribution is -2.47. The molecule has 2 rings (SSSR count). The molecule has 132 valence electrons. The summed E-state index contributed by atoms with van der Waals surface area (Å²) >= 11 is 0. The molecule has 0 aromatic heterocycles. The average molecular weight is 385 g/mol. The molecule has 1 amide bonds. The Morgan fingerprint density at radius 3 is 2.39 bits per heavy atom. The third kappa shape index (κ3) is 5.59. The molecule has 1 aromatic carbocycles. The number of carbonyl (C=O) groups excluding carboxylic acids is 1. The third-order valence-corrected chi connectivity index (χ3v) is 5.30. The minimum absolute atomic E-state index is 0. The zero-order valence-electron chi connectivity index (χ0n) is 12.8. The Balaban J connectivity index is 0.00000242. The molecule has 23 heavy (non-hydrogen) atoms. The summed E-state index contributed by atoms with van der Waals surface area (Å²) in [7, 11) is -1.56. The number of likely N-dealkylation sites (N-methyl/N-ethyl adjacent to an activating group) is 1. The molecule has 0 bridgehead atoms. The van der Waals surface area contributed by atoms with E-state index in [1.807, 2.05) is 7.05 Å². The van der Waals surface area contributed by atoms with Gasteiger partial charge in [-0.2, -0.15) is 4.31 Å². The van der Waals surface area contributed by atoms with Gasteiger partial charge < -0.3 is 16.0 Å². The fourth-order valence-corrected chi connectivity index (χ4v) is 3.59. The minimum Gasteiger partial charge on any atom is -0.325 e. The topological polar surface area (TPSA) is 95.7 Å². The normalized spacial score (nSPS) is 16.1. The van der Waals surface area contributed by atoms with Gasteiger partial charge in [0, 0.05) is 31.9 Å². The molecule has 1 fully saturated rings. The van der Waals surface area contributed by atoms with E-state index in [0.717, 1.165) is 0 Å². The second-order valence-electron chi connectivity index (χ2n) is 4.99. The summed E-state index contributed by atoms with van der Waals surface area (Å²) in [5, 5.41) is 2.56. The Morgan fingerprint density at radius 2 is 1.83 bits per heavy atom. The highest BCUT2D eigenvalue weighted by molar-refractivity contribution is 7.89. The molecular weight excluding hydrogens is 363 g/mol. The highest BCUT2D eigenvalue weighted by Gasteiger charge is 2.27. The molecule has 0 spiro atoms. The van der Waals surface area contributed by atoms with Gasteiger partial charge in [-0.15, -0.1) is 24.8 Å². The second-order valence-corrected chi connectivity index (χ2v) is 6.93. The van der Waals surface area contributed by atoms with Gasteiger partial charge in [0.1, 0.15) is 0 Å². The van der Waals surface area contributed by atoms with Crippen LogP contribution in [0.15, 0.2) is 29.2 Å². The number of hydrogen-bond donors (Lipinski definition) is 2. The van der Waals surface area contributed by atoms with E-state index in [1.165, 1.54) is 16.4 Å². The zero-order chi connectivity index (χ0) is 15.5. The van der Waals surface area contributed by atoms with Gasteiger partial charge in [-0.25, -0.2) is 8.42 Å². The van der Waals surface area contributed by atoms with Crippen molar-refractivity contribution in [1.29, 1.82) is 0 Å². The number of rotatable bonds is 4. The number of nitrogens with one attached hydrogen (secondary N) is 1. The summed E-state index contributed by atoms with van der Waals surface area (Å²) in [6, 6.07) is 6.23. The molecule has 0 aliphatic carbocycles. The molecule has 1 aliphatic heterocycles. The molecule has 1 saturated heterocycles. The van der Waals surface area contributed by atoms with Crippen LogP contribution in [0.4, 0.5) is 5.69 Å². The van der Waals surface area contributed by atoms with Gasteiger partial charge in [-0.3, -0.25) is 4.79 Å². The second kappa shape index (κ2) is 9.41. The van der Waals surface area contributed by atoms with Crippen molar-refractivity contribution in [3.05, 3.63) is 24.3 Å². The molecule has 1 heterocycles. The number of nitrogens with two attached hydrogens (primary N) is 1. The molecule has 0 atom stereocenters. The average Bonchev–Trinajstić information content (AvgIpc) is 2.48. The molecule has 1 aliphatic rings. The largest absolute Gasteiger partial charge is 0.325 e. The van der Waals surface area contributed by atoms with Gasteiger partial charge in [-0.05, 0) is 25.2 Å². The first-order chi connectivity index (χ1) is 9.93. The summed E-state index contributed by atoms with van der Waals surface area (Å²) in [5.74, 6) is -0.357. The molecule has 7 nitrogen and oxygen atoms in total. The number of hydrogen-bond acceptors (Lipinski definition) is 5. The van der Waals surface area contributed by atoms with Crippen molar-refractivity contribution < 1.29 is 13.2 Å². The number of benzene rings is 1. The van der Waals surface area contributed by atoms with Crippen molar-refractivity contribution >= 4 is 46.4 Å². The molecule has 0 radical (unpaired) electrons. The van der Waals surface area contributed by atoms with E-state index >= 15 is 0 Å². The maximum atomic E-state index is 12.6. The van der Waals surface area contributed by atoms with E-state index in [4.69, 9.17) is 5.73 Å². The van der Waals surface area contributed by atoms with Crippen LogP contribution in [-0.2, 0) is 14.8 Å². The van der Waals surface area contributed by atoms with Crippen molar-refractivity contribution in [2.24, 2.45) is 5.73 Å². The van der Waals surface area contributed by atoms with Crippen molar-refractivity contribution in [2.45, 2.75) is 4.90 Å². The predicted molar refractivity (Wildman–Crippen MR) is 94.9 cm³/mol. The number of sulfonamides is 1. The maximum Gasteiger partial charge on any atom is 0.243 e. The zero-order valence-corrected chi connectivity index (χ0v) is 15.2. The Labute approximate surface area is 149 Å². The van der Waals surface area contributed by atoms with Gasteiger partial charge in [0.15, 0.2) is 0 Å². The Hall–Kier alpha value is -0.900. The number of piperazine rings is 1. The lowest BCUT2D eigenvalue weighted by molar-refractivity contribution is -0.114. The molecule has 1 aromatic rings. The fraction of sp³-hybridized carbons (Fsp3) is 0.462. The summed E-state index contributed by atoms with van der Waals surface area (Å²) in [6.45, 7) is 2.22. The predicted octanol–water partition coefficient (Wildman–Crippen LogP) is 0.363. The molecular formula is C13H22Cl2N4O3S. The molecule has 10 heteroatoms. The molecule has 0 saturated carbocycles. The molecule has 3 N–H and O–H groups in total. The van der Waals surface area contributed by atoms with Crippen LogP contribution in [0.3, 0.4) is 0 Å². The lowest BCUT2D eigenvalue weighted by Gasteiger charge is -2.31. The van der Waals surface area contributed by atoms with Crippen LogP contribution in [0.1, 0.15) is 0 Å². The maximum absolute atomic E-state index is 12.6. The monoisotopic (exact) mass is 384 g/mol. The first-order valence-electron chi connectivity index (χ1n) is 6.72. The number of nitrogens with zero attached hydrogens (tertiary/aromatic N) is 2. The molecule has 0 unspecified atom stereocenters. The standard InChI is InChI=1S/C13H20N4O3S.2ClH/c1-16-5-7-17(8-6-16)21(19,20)12-4-2-3-11(9-12)15-13(18)10-14;;/h2-4,9H,5-8,10,14H2,1H3,(H,15,18);2*1H. The van der Waals surface area contributed by atoms with Crippen molar-refractivity contribution in [3.8, 4) is 0 Å². The number of amides is 1. The number of halogens is 2. The van der Waals surface area contributed by atoms with Gasteiger partial charge in [0.25, 0.3) is 0 Å². The third-order valence-electron chi connectivity index (χ3n) is 3.40. The van der Waals surface area contributed by atoms with Crippen LogP contribution < -0.4 is 11.1 Å². The smallest absolute Gasteiger partial charge is 0.243 e. The fourth-order valence-electron chi connectivity index (χ4n) is 2.12. The van der Waals surface area contributed by atoms with Crippen molar-refractivity contribution in [1.82, 2.24) is 9.21 Å². The number of anilines is 1. The van der Waals surface area contributed by atoms with Crippen LogP contribution in [0.25, 0.3) is 0 Å². The van der Waals surface area contributed by atoms with Gasteiger partial charge >= 0.3 is 0 Å². The minimum atomic E-state index is -3.53. The van der Waals surface area contributed by atoms with Gasteiger partial charge in [0.2, 0.25) is 15.9 Å². The Bertz CT molecular complexity index is 619. The highest BCUT2D eigenvalue weighted by Crippen LogP contribution is 2.20. The van der Waals surface area contributed by atoms with Gasteiger partial charge in [-0.1, -0.05) is 6.07 Å². The van der Waals surface area contributed by atoms with Gasteiger partial charge in [0.05, 0.1) is 11.4 Å². The van der Waals surface area contributed by atoms with E-state index in [1.54, 1.807) is 12.1 Å². The Kier molecular flexibility index (Phi) is 9.04. The number of carbonyl (C=O) groups is 1. The SMILES string of the molecule is CN1CCN(S(=O)(=O)c2cccc(NC(=O)CN)c2)CC1.Cl.Cl. The summed E-state index contributed by atoms with van der Waals surface area (Å²) < 4.78 is 26.6. The van der Waals surface area contributed by atoms with E-state index < -0.39 is 10.0 Å². The van der Waals surface area contributed by atoms with Crippen LogP contribution in [0, 0.1) is 0 Å². The van der Waals surface area contributed by atoms with Crippen molar-refractivity contribution in [2.75, 3.05) is 45.1 Å². The van der Waals surface area contributed by atoms with Crippen LogP contribution >= 0.6 is 24.8 Å².